The van der Waals surface area contributed by atoms with Gasteiger partial charge in [-0.15, -0.1) is 35.3 Å². The first kappa shape index (κ1) is 14.2. The Balaban J connectivity index is 0.00000144. The summed E-state index contributed by atoms with van der Waals surface area (Å²) in [4.78, 5) is 9.62. The van der Waals surface area contributed by atoms with Crippen LogP contribution in [0.25, 0.3) is 4.96 Å². The van der Waals surface area contributed by atoms with E-state index in [1.165, 1.54) is 0 Å². The zero-order chi connectivity index (χ0) is 11.5. The zero-order valence-corrected chi connectivity index (χ0v) is 12.9. The average molecular weight is 365 g/mol. The van der Waals surface area contributed by atoms with Gasteiger partial charge in [-0.05, 0) is 13.8 Å². The highest BCUT2D eigenvalue weighted by Gasteiger charge is 2.01. The molecular formula is C10H16IN5S. The van der Waals surface area contributed by atoms with Gasteiger partial charge in [0.1, 0.15) is 0 Å². The zero-order valence-electron chi connectivity index (χ0n) is 9.75. The Hall–Kier alpha value is -0.830. The molecule has 5 nitrogen and oxygen atoms in total. The number of rotatable bonds is 3. The maximum atomic E-state index is 5.70. The Bertz CT molecular complexity index is 473. The molecule has 0 spiro atoms. The fourth-order valence-corrected chi connectivity index (χ4v) is 2.08. The number of aliphatic imine (C=N–C) groups is 1. The number of fused-ring (bicyclic) bond motifs is 1. The number of thiazole rings is 1. The minimum atomic E-state index is 0. The van der Waals surface area contributed by atoms with Crippen molar-refractivity contribution in [3.8, 4) is 0 Å². The molecule has 0 aliphatic rings. The number of nitrogens with one attached hydrogen (secondary N) is 1. The summed E-state index contributed by atoms with van der Waals surface area (Å²) in [6.07, 6.45) is 3.95. The van der Waals surface area contributed by atoms with Gasteiger partial charge in [-0.2, -0.15) is 0 Å². The molecule has 0 radical (unpaired) electrons. The van der Waals surface area contributed by atoms with Gasteiger partial charge in [-0.1, -0.05) is 0 Å². The van der Waals surface area contributed by atoms with Gasteiger partial charge in [-0.3, -0.25) is 4.40 Å². The molecule has 0 aliphatic carbocycles. The lowest BCUT2D eigenvalue weighted by Crippen LogP contribution is -2.36. The van der Waals surface area contributed by atoms with Gasteiger partial charge >= 0.3 is 0 Å². The second-order valence-corrected chi connectivity index (χ2v) is 4.70. The normalized spacial score (nSPS) is 11.8. The summed E-state index contributed by atoms with van der Waals surface area (Å²) >= 11 is 1.61. The lowest BCUT2D eigenvalue weighted by Gasteiger charge is -2.07. The van der Waals surface area contributed by atoms with Crippen molar-refractivity contribution in [1.29, 1.82) is 0 Å². The van der Waals surface area contributed by atoms with E-state index in [1.807, 2.05) is 36.0 Å². The number of hydrogen-bond donors (Lipinski definition) is 2. The van der Waals surface area contributed by atoms with E-state index >= 15 is 0 Å². The SMILES string of the molecule is CC(C)NC(N)=NCc1cn2ccsc2n1.I. The van der Waals surface area contributed by atoms with Crippen LogP contribution < -0.4 is 11.1 Å². The lowest BCUT2D eigenvalue weighted by atomic mass is 10.4. The third-order valence-corrected chi connectivity index (χ3v) is 2.76. The average Bonchev–Trinajstić information content (AvgIpc) is 2.72. The number of guanidine groups is 1. The van der Waals surface area contributed by atoms with Crippen LogP contribution in [-0.2, 0) is 6.54 Å². The number of halogens is 1. The van der Waals surface area contributed by atoms with Crippen molar-refractivity contribution in [3.05, 3.63) is 23.5 Å². The van der Waals surface area contributed by atoms with E-state index < -0.39 is 0 Å². The maximum absolute atomic E-state index is 5.70. The Morgan fingerprint density at radius 2 is 2.41 bits per heavy atom. The first-order chi connectivity index (χ1) is 7.65. The van der Waals surface area contributed by atoms with Gasteiger partial charge in [0.05, 0.1) is 12.2 Å². The van der Waals surface area contributed by atoms with Crippen molar-refractivity contribution in [1.82, 2.24) is 14.7 Å². The number of hydrogen-bond acceptors (Lipinski definition) is 3. The fourth-order valence-electron chi connectivity index (χ4n) is 1.36. The number of imidazole rings is 1. The first-order valence-electron chi connectivity index (χ1n) is 5.12. The molecule has 0 bridgehead atoms. The van der Waals surface area contributed by atoms with E-state index in [-0.39, 0.29) is 24.0 Å². The molecule has 2 heterocycles. The summed E-state index contributed by atoms with van der Waals surface area (Å²) in [7, 11) is 0. The van der Waals surface area contributed by atoms with Gasteiger partial charge in [-0.25, -0.2) is 9.98 Å². The van der Waals surface area contributed by atoms with E-state index in [0.29, 0.717) is 18.5 Å². The van der Waals surface area contributed by atoms with Crippen molar-refractivity contribution < 1.29 is 0 Å². The molecule has 0 aliphatic heterocycles. The highest BCUT2D eigenvalue weighted by Crippen LogP contribution is 2.11. The van der Waals surface area contributed by atoms with E-state index in [2.05, 4.69) is 15.3 Å². The molecule has 0 unspecified atom stereocenters. The Morgan fingerprint density at radius 1 is 1.65 bits per heavy atom. The molecular weight excluding hydrogens is 349 g/mol. The van der Waals surface area contributed by atoms with Crippen LogP contribution in [0.1, 0.15) is 19.5 Å². The highest BCUT2D eigenvalue weighted by molar-refractivity contribution is 14.0. The molecule has 2 rings (SSSR count). The van der Waals surface area contributed by atoms with Crippen molar-refractivity contribution in [2.24, 2.45) is 10.7 Å². The Kier molecular flexibility index (Phi) is 5.19. The second-order valence-electron chi connectivity index (χ2n) is 3.83. The number of nitrogens with two attached hydrogens (primary N) is 1. The smallest absolute Gasteiger partial charge is 0.193 e. The second kappa shape index (κ2) is 6.20. The minimum absolute atomic E-state index is 0. The van der Waals surface area contributed by atoms with Crippen LogP contribution in [0.2, 0.25) is 0 Å². The van der Waals surface area contributed by atoms with Crippen LogP contribution in [0.5, 0.6) is 0 Å². The molecule has 0 aromatic carbocycles. The molecule has 7 heteroatoms. The molecule has 0 saturated heterocycles. The van der Waals surface area contributed by atoms with E-state index in [4.69, 9.17) is 5.73 Å². The summed E-state index contributed by atoms with van der Waals surface area (Å²) in [5.41, 5.74) is 6.63. The molecule has 0 saturated carbocycles. The van der Waals surface area contributed by atoms with Crippen LogP contribution in [0.15, 0.2) is 22.8 Å². The van der Waals surface area contributed by atoms with E-state index in [1.54, 1.807) is 11.3 Å². The summed E-state index contributed by atoms with van der Waals surface area (Å²) in [5.74, 6) is 0.464. The molecule has 3 N–H and O–H groups in total. The highest BCUT2D eigenvalue weighted by atomic mass is 127. The standard InChI is InChI=1S/C10H15N5S.HI/c1-7(2)13-9(11)12-5-8-6-15-3-4-16-10(15)14-8;/h3-4,6-7H,5H2,1-2H3,(H3,11,12,13);1H. The fraction of sp³-hybridized carbons (Fsp3) is 0.400. The summed E-state index contributed by atoms with van der Waals surface area (Å²) in [6.45, 7) is 4.56. The van der Waals surface area contributed by atoms with Crippen molar-refractivity contribution in [2.45, 2.75) is 26.4 Å². The molecule has 0 atom stereocenters. The minimum Gasteiger partial charge on any atom is -0.370 e. The molecule has 17 heavy (non-hydrogen) atoms. The van der Waals surface area contributed by atoms with Crippen LogP contribution in [0, 0.1) is 0 Å². The number of aromatic nitrogens is 2. The third kappa shape index (κ3) is 3.84. The van der Waals surface area contributed by atoms with Crippen molar-refractivity contribution >= 4 is 46.2 Å². The van der Waals surface area contributed by atoms with Crippen molar-refractivity contribution in [2.75, 3.05) is 0 Å². The van der Waals surface area contributed by atoms with Crippen molar-refractivity contribution in [3.63, 3.8) is 0 Å². The van der Waals surface area contributed by atoms with Crippen LogP contribution in [-0.4, -0.2) is 21.4 Å². The summed E-state index contributed by atoms with van der Waals surface area (Å²) < 4.78 is 1.99. The lowest BCUT2D eigenvalue weighted by molar-refractivity contribution is 0.723. The molecule has 94 valence electrons. The van der Waals surface area contributed by atoms with Crippen LogP contribution in [0.4, 0.5) is 0 Å². The van der Waals surface area contributed by atoms with Crippen LogP contribution >= 0.6 is 35.3 Å². The van der Waals surface area contributed by atoms with Gasteiger partial charge in [0.25, 0.3) is 0 Å². The van der Waals surface area contributed by atoms with Crippen LogP contribution in [0.3, 0.4) is 0 Å². The molecule has 2 aromatic rings. The maximum Gasteiger partial charge on any atom is 0.193 e. The Labute approximate surface area is 121 Å². The quantitative estimate of drug-likeness (QED) is 0.496. The summed E-state index contributed by atoms with van der Waals surface area (Å²) in [6, 6.07) is 0.300. The van der Waals surface area contributed by atoms with Gasteiger partial charge < -0.3 is 11.1 Å². The first-order valence-corrected chi connectivity index (χ1v) is 6.00. The molecule has 0 amide bonds. The summed E-state index contributed by atoms with van der Waals surface area (Å²) in [5, 5.41) is 5.04. The molecule has 0 fully saturated rings. The Morgan fingerprint density at radius 3 is 3.06 bits per heavy atom. The van der Waals surface area contributed by atoms with Gasteiger partial charge in [0, 0.05) is 23.8 Å². The third-order valence-electron chi connectivity index (χ3n) is 1.99. The van der Waals surface area contributed by atoms with Gasteiger partial charge in [0.15, 0.2) is 10.9 Å². The van der Waals surface area contributed by atoms with Gasteiger partial charge in [0.2, 0.25) is 0 Å². The van der Waals surface area contributed by atoms with E-state index in [9.17, 15) is 0 Å². The monoisotopic (exact) mass is 365 g/mol. The largest absolute Gasteiger partial charge is 0.370 e. The van der Waals surface area contributed by atoms with E-state index in [0.717, 1.165) is 10.7 Å². The predicted octanol–water partition coefficient (Wildman–Crippen LogP) is 1.83. The topological polar surface area (TPSA) is 67.7 Å². The number of nitrogens with zero attached hydrogens (tertiary/aromatic N) is 3. The predicted molar refractivity (Wildman–Crippen MR) is 82.1 cm³/mol. The molecule has 2 aromatic heterocycles.